The average molecular weight is 396 g/mol. The number of phenols is 1. The molecular formula is C24H20N4O2. The Kier molecular flexibility index (Phi) is 5.13. The number of hydrogen-bond acceptors (Lipinski definition) is 5. The molecule has 30 heavy (non-hydrogen) atoms. The zero-order chi connectivity index (χ0) is 21.1. The van der Waals surface area contributed by atoms with Gasteiger partial charge < -0.3 is 16.2 Å². The van der Waals surface area contributed by atoms with E-state index in [2.05, 4.69) is 15.5 Å². The SMILES string of the molecule is Cc1ccc(C(=O)Nc2cc3ccccc3c(N=Nc3ccc(N)cc3)c2O)cc1. The van der Waals surface area contributed by atoms with Crippen LogP contribution in [0.25, 0.3) is 10.8 Å². The number of nitrogens with zero attached hydrogens (tertiary/aromatic N) is 2. The Morgan fingerprint density at radius 3 is 2.37 bits per heavy atom. The van der Waals surface area contributed by atoms with Crippen molar-refractivity contribution in [2.24, 2.45) is 10.2 Å². The highest BCUT2D eigenvalue weighted by molar-refractivity contribution is 6.08. The molecule has 6 nitrogen and oxygen atoms in total. The Bertz CT molecular complexity index is 1250. The molecule has 0 spiro atoms. The highest BCUT2D eigenvalue weighted by Gasteiger charge is 2.15. The number of fused-ring (bicyclic) bond motifs is 1. The lowest BCUT2D eigenvalue weighted by Crippen LogP contribution is -2.12. The molecule has 0 bridgehead atoms. The molecule has 4 aromatic rings. The molecule has 0 atom stereocenters. The lowest BCUT2D eigenvalue weighted by Gasteiger charge is -2.12. The molecule has 0 aliphatic rings. The van der Waals surface area contributed by atoms with E-state index >= 15 is 0 Å². The van der Waals surface area contributed by atoms with Gasteiger partial charge in [0.2, 0.25) is 0 Å². The van der Waals surface area contributed by atoms with Crippen LogP contribution in [0.2, 0.25) is 0 Å². The number of anilines is 2. The summed E-state index contributed by atoms with van der Waals surface area (Å²) >= 11 is 0. The number of hydrogen-bond donors (Lipinski definition) is 3. The molecule has 148 valence electrons. The van der Waals surface area contributed by atoms with Gasteiger partial charge in [0.15, 0.2) is 5.75 Å². The molecule has 0 saturated heterocycles. The molecule has 0 aliphatic carbocycles. The third-order valence-electron chi connectivity index (χ3n) is 4.72. The van der Waals surface area contributed by atoms with Crippen molar-refractivity contribution in [2.75, 3.05) is 11.1 Å². The van der Waals surface area contributed by atoms with Crippen molar-refractivity contribution in [2.45, 2.75) is 6.92 Å². The van der Waals surface area contributed by atoms with Gasteiger partial charge in [-0.1, -0.05) is 42.0 Å². The van der Waals surface area contributed by atoms with Gasteiger partial charge in [0, 0.05) is 16.6 Å². The quantitative estimate of drug-likeness (QED) is 0.221. The van der Waals surface area contributed by atoms with Crippen LogP contribution in [0.1, 0.15) is 15.9 Å². The van der Waals surface area contributed by atoms with Crippen LogP contribution in [0, 0.1) is 6.92 Å². The van der Waals surface area contributed by atoms with E-state index in [0.717, 1.165) is 16.3 Å². The lowest BCUT2D eigenvalue weighted by molar-refractivity contribution is 0.102. The number of carbonyl (C=O) groups is 1. The van der Waals surface area contributed by atoms with E-state index < -0.39 is 0 Å². The molecular weight excluding hydrogens is 376 g/mol. The van der Waals surface area contributed by atoms with Crippen LogP contribution in [-0.2, 0) is 0 Å². The zero-order valence-corrected chi connectivity index (χ0v) is 16.3. The first-order chi connectivity index (χ1) is 14.5. The Morgan fingerprint density at radius 2 is 1.63 bits per heavy atom. The Balaban J connectivity index is 1.74. The van der Waals surface area contributed by atoms with Crippen LogP contribution in [0.3, 0.4) is 0 Å². The van der Waals surface area contributed by atoms with Crippen LogP contribution in [0.4, 0.5) is 22.7 Å². The molecule has 1 amide bonds. The van der Waals surface area contributed by atoms with Crippen molar-refractivity contribution in [1.29, 1.82) is 0 Å². The molecule has 0 fully saturated rings. The second-order valence-corrected chi connectivity index (χ2v) is 6.95. The number of azo groups is 1. The molecule has 4 N–H and O–H groups in total. The summed E-state index contributed by atoms with van der Waals surface area (Å²) in [6.45, 7) is 1.95. The third-order valence-corrected chi connectivity index (χ3v) is 4.72. The minimum absolute atomic E-state index is 0.145. The standard InChI is InChI=1S/C24H20N4O2/c1-15-6-8-16(9-7-15)24(30)26-21-14-17-4-2-3-5-20(17)22(23(21)29)28-27-19-12-10-18(25)11-13-19/h2-14,29H,25H2,1H3,(H,26,30). The number of carbonyl (C=O) groups excluding carboxylic acids is 1. The Labute approximate surface area is 173 Å². The first-order valence-electron chi connectivity index (χ1n) is 9.41. The minimum Gasteiger partial charge on any atom is -0.504 e. The topological polar surface area (TPSA) is 100 Å². The van der Waals surface area contributed by atoms with Crippen LogP contribution >= 0.6 is 0 Å². The monoisotopic (exact) mass is 396 g/mol. The van der Waals surface area contributed by atoms with Crippen LogP contribution in [-0.4, -0.2) is 11.0 Å². The number of phenolic OH excluding ortho intramolecular Hbond substituents is 1. The van der Waals surface area contributed by atoms with Crippen molar-refractivity contribution in [1.82, 2.24) is 0 Å². The summed E-state index contributed by atoms with van der Waals surface area (Å²) in [5, 5.41) is 23.7. The maximum Gasteiger partial charge on any atom is 0.255 e. The van der Waals surface area contributed by atoms with E-state index in [1.807, 2.05) is 43.3 Å². The summed E-state index contributed by atoms with van der Waals surface area (Å²) in [6, 6.07) is 23.3. The summed E-state index contributed by atoms with van der Waals surface area (Å²) in [5.41, 5.74) is 9.04. The number of nitrogens with two attached hydrogens (primary N) is 1. The van der Waals surface area contributed by atoms with E-state index in [0.29, 0.717) is 16.9 Å². The number of nitrogen functional groups attached to an aromatic ring is 1. The van der Waals surface area contributed by atoms with Gasteiger partial charge in [-0.25, -0.2) is 0 Å². The molecule has 4 rings (SSSR count). The maximum absolute atomic E-state index is 12.6. The molecule has 0 radical (unpaired) electrons. The molecule has 0 saturated carbocycles. The van der Waals surface area contributed by atoms with Crippen molar-refractivity contribution in [3.8, 4) is 5.75 Å². The van der Waals surface area contributed by atoms with Gasteiger partial charge in [0.1, 0.15) is 5.69 Å². The summed E-state index contributed by atoms with van der Waals surface area (Å²) in [4.78, 5) is 12.6. The summed E-state index contributed by atoms with van der Waals surface area (Å²) in [7, 11) is 0. The molecule has 0 heterocycles. The Hall–Kier alpha value is -4.19. The van der Waals surface area contributed by atoms with Crippen molar-refractivity contribution in [3.63, 3.8) is 0 Å². The van der Waals surface area contributed by atoms with E-state index in [1.165, 1.54) is 0 Å². The van der Waals surface area contributed by atoms with E-state index in [-0.39, 0.29) is 23.0 Å². The lowest BCUT2D eigenvalue weighted by atomic mass is 10.1. The molecule has 0 unspecified atom stereocenters. The summed E-state index contributed by atoms with van der Waals surface area (Å²) < 4.78 is 0. The molecule has 4 aromatic carbocycles. The van der Waals surface area contributed by atoms with Gasteiger partial charge in [-0.05, 0) is 54.8 Å². The highest BCUT2D eigenvalue weighted by atomic mass is 16.3. The smallest absolute Gasteiger partial charge is 0.255 e. The van der Waals surface area contributed by atoms with Crippen LogP contribution in [0.15, 0.2) is 89.1 Å². The normalized spacial score (nSPS) is 11.1. The van der Waals surface area contributed by atoms with Gasteiger partial charge in [0.05, 0.1) is 11.4 Å². The van der Waals surface area contributed by atoms with Crippen LogP contribution < -0.4 is 11.1 Å². The minimum atomic E-state index is -0.318. The van der Waals surface area contributed by atoms with Crippen LogP contribution in [0.5, 0.6) is 5.75 Å². The number of benzene rings is 4. The predicted octanol–water partition coefficient (Wildman–Crippen LogP) is 6.10. The second kappa shape index (κ2) is 8.05. The van der Waals surface area contributed by atoms with Crippen molar-refractivity contribution < 1.29 is 9.90 Å². The number of aryl methyl sites for hydroxylation is 1. The van der Waals surface area contributed by atoms with Gasteiger partial charge in [0.25, 0.3) is 5.91 Å². The fourth-order valence-corrected chi connectivity index (χ4v) is 3.06. The van der Waals surface area contributed by atoms with E-state index in [9.17, 15) is 9.90 Å². The molecule has 6 heteroatoms. The maximum atomic E-state index is 12.6. The van der Waals surface area contributed by atoms with Gasteiger partial charge >= 0.3 is 0 Å². The highest BCUT2D eigenvalue weighted by Crippen LogP contribution is 2.42. The fraction of sp³-hybridized carbons (Fsp3) is 0.0417. The molecule has 0 aromatic heterocycles. The number of rotatable bonds is 4. The largest absolute Gasteiger partial charge is 0.504 e. The van der Waals surface area contributed by atoms with Gasteiger partial charge in [-0.2, -0.15) is 5.11 Å². The van der Waals surface area contributed by atoms with Crippen molar-refractivity contribution >= 4 is 39.4 Å². The third kappa shape index (κ3) is 3.98. The number of nitrogens with one attached hydrogen (secondary N) is 1. The second-order valence-electron chi connectivity index (χ2n) is 6.95. The van der Waals surface area contributed by atoms with Crippen molar-refractivity contribution in [3.05, 3.63) is 90.0 Å². The first kappa shape index (κ1) is 19.1. The van der Waals surface area contributed by atoms with E-state index in [4.69, 9.17) is 5.73 Å². The predicted molar refractivity (Wildman–Crippen MR) is 120 cm³/mol. The summed E-state index contributed by atoms with van der Waals surface area (Å²) in [5.74, 6) is -0.463. The zero-order valence-electron chi connectivity index (χ0n) is 16.3. The number of amides is 1. The van der Waals surface area contributed by atoms with Gasteiger partial charge in [-0.15, -0.1) is 5.11 Å². The summed E-state index contributed by atoms with van der Waals surface area (Å²) in [6.07, 6.45) is 0. The van der Waals surface area contributed by atoms with Gasteiger partial charge in [-0.3, -0.25) is 4.79 Å². The Morgan fingerprint density at radius 1 is 0.933 bits per heavy atom. The first-order valence-corrected chi connectivity index (χ1v) is 9.41. The number of aromatic hydroxyl groups is 1. The fourth-order valence-electron chi connectivity index (χ4n) is 3.06. The average Bonchev–Trinajstić information content (AvgIpc) is 2.75. The molecule has 0 aliphatic heterocycles. The van der Waals surface area contributed by atoms with E-state index in [1.54, 1.807) is 42.5 Å².